The Bertz CT molecular complexity index is 93.4. The standard InChI is InChI=1S/3ClHO4.6H2O.Y/c3*2-1(3,4)5;;;;;;;/h3*(H,2,3,4,5);6*1H2;/q;;;;;;;;;+3/p-3. The van der Waals surface area contributed by atoms with E-state index in [0.717, 1.165) is 0 Å². The van der Waals surface area contributed by atoms with Crippen molar-refractivity contribution in [2.45, 2.75) is 0 Å². The SMILES string of the molecule is O.O.O.O.O.O.[O-][Cl+3]([O-])([O-])[O-].[O-][Cl+3]([O-])([O-])[O-].[O-][Cl+3]([O-])([O-])[O-].[Y+3]. The van der Waals surface area contributed by atoms with Gasteiger partial charge in [0.05, 0.1) is 0 Å². The third-order valence-electron chi connectivity index (χ3n) is 0. The summed E-state index contributed by atoms with van der Waals surface area (Å²) in [5, 5.41) is 0. The van der Waals surface area contributed by atoms with Crippen LogP contribution in [0.3, 0.4) is 0 Å². The first-order chi connectivity index (χ1) is 6.00. The molecule has 0 radical (unpaired) electrons. The van der Waals surface area contributed by atoms with Gasteiger partial charge in [-0.15, -0.1) is 30.7 Å². The average molecular weight is 495 g/mol. The van der Waals surface area contributed by atoms with Crippen LogP contribution in [0.15, 0.2) is 0 Å². The molecule has 0 amide bonds. The van der Waals surface area contributed by atoms with Crippen molar-refractivity contribution >= 4 is 0 Å². The molecule has 0 aromatic carbocycles. The van der Waals surface area contributed by atoms with Crippen LogP contribution in [-0.4, -0.2) is 32.9 Å². The minimum absolute atomic E-state index is 0. The Hall–Kier alpha value is 1.25. The van der Waals surface area contributed by atoms with Crippen molar-refractivity contribution in [3.05, 3.63) is 0 Å². The average Bonchev–Trinajstić information content (AvgIpc) is 1.41. The first-order valence-corrected chi connectivity index (χ1v) is 5.55. The van der Waals surface area contributed by atoms with Gasteiger partial charge in [-0.1, -0.05) is 0 Å². The molecule has 0 saturated heterocycles. The van der Waals surface area contributed by atoms with Crippen LogP contribution < -0.4 is 55.9 Å². The first-order valence-electron chi connectivity index (χ1n) is 1.85. The maximum atomic E-state index is 8.49. The summed E-state index contributed by atoms with van der Waals surface area (Å²) in [6, 6.07) is 0. The van der Waals surface area contributed by atoms with Crippen LogP contribution in [0, 0.1) is 30.7 Å². The summed E-state index contributed by atoms with van der Waals surface area (Å²) in [4.78, 5) is 0. The van der Waals surface area contributed by atoms with Gasteiger partial charge in [0.25, 0.3) is 0 Å². The van der Waals surface area contributed by atoms with Crippen molar-refractivity contribution in [2.24, 2.45) is 0 Å². The molecule has 12 N–H and O–H groups in total. The normalized spacial score (nSPS) is 8.18. The maximum absolute atomic E-state index is 8.49. The summed E-state index contributed by atoms with van der Waals surface area (Å²) in [7, 11) is -14.8. The van der Waals surface area contributed by atoms with Crippen molar-refractivity contribution in [3.63, 3.8) is 0 Å². The second kappa shape index (κ2) is 27.1. The van der Waals surface area contributed by atoms with E-state index in [-0.39, 0.29) is 65.6 Å². The number of hydrogen-bond donors (Lipinski definition) is 0. The van der Waals surface area contributed by atoms with Gasteiger partial charge < -0.3 is 32.9 Å². The molecule has 0 bridgehead atoms. The van der Waals surface area contributed by atoms with Crippen LogP contribution in [0.5, 0.6) is 0 Å². The van der Waals surface area contributed by atoms with Gasteiger partial charge in [-0.2, -0.15) is 0 Å². The molecular weight excluding hydrogens is 483 g/mol. The molecule has 0 unspecified atom stereocenters. The Labute approximate surface area is 152 Å². The van der Waals surface area contributed by atoms with Crippen molar-refractivity contribution < 1.29 is 152 Å². The Morgan fingerprint density at radius 1 is 0.273 bits per heavy atom. The Kier molecular flexibility index (Phi) is 80.8. The molecule has 0 spiro atoms. The second-order valence-electron chi connectivity index (χ2n) is 1.13. The fourth-order valence-corrected chi connectivity index (χ4v) is 0. The molecule has 0 heterocycles. The van der Waals surface area contributed by atoms with E-state index < -0.39 is 30.7 Å². The largest absolute Gasteiger partial charge is 3.00 e. The fourth-order valence-electron chi connectivity index (χ4n) is 0. The van der Waals surface area contributed by atoms with Gasteiger partial charge in [0.15, 0.2) is 0 Å². The maximum Gasteiger partial charge on any atom is 3.00 e. The van der Waals surface area contributed by atoms with Crippen LogP contribution in [0.25, 0.3) is 0 Å². The van der Waals surface area contributed by atoms with E-state index in [9.17, 15) is 0 Å². The minimum atomic E-state index is -4.94. The van der Waals surface area contributed by atoms with Gasteiger partial charge in [-0.25, -0.2) is 55.9 Å². The summed E-state index contributed by atoms with van der Waals surface area (Å²) in [6.45, 7) is 0. The second-order valence-corrected chi connectivity index (χ2v) is 3.40. The number of rotatable bonds is 0. The van der Waals surface area contributed by atoms with Crippen LogP contribution in [0.1, 0.15) is 0 Å². The zero-order valence-electron chi connectivity index (χ0n) is 9.61. The topological polar surface area (TPSA) is 466 Å². The summed E-state index contributed by atoms with van der Waals surface area (Å²) in [5.74, 6) is 0. The smallest absolute Gasteiger partial charge is 0.412 e. The summed E-state index contributed by atoms with van der Waals surface area (Å²) >= 11 is 0. The minimum Gasteiger partial charge on any atom is -0.412 e. The van der Waals surface area contributed by atoms with Gasteiger partial charge in [-0.3, -0.25) is 0 Å². The van der Waals surface area contributed by atoms with Crippen molar-refractivity contribution in [1.82, 2.24) is 0 Å². The van der Waals surface area contributed by atoms with Gasteiger partial charge in [0.2, 0.25) is 0 Å². The molecule has 0 aromatic rings. The molecule has 0 aromatic heterocycles. The molecule has 0 aliphatic heterocycles. The summed E-state index contributed by atoms with van der Waals surface area (Å²) in [5.41, 5.74) is 0. The van der Waals surface area contributed by atoms with Crippen molar-refractivity contribution in [2.75, 3.05) is 0 Å². The molecule has 0 rings (SSSR count). The molecule has 0 fully saturated rings. The predicted octanol–water partition coefficient (Wildman–Crippen LogP) is -19.2. The molecule has 0 aliphatic rings. The third-order valence-corrected chi connectivity index (χ3v) is 0. The van der Waals surface area contributed by atoms with E-state index in [1.165, 1.54) is 0 Å². The van der Waals surface area contributed by atoms with Crippen LogP contribution in [0.2, 0.25) is 0 Å². The quantitative estimate of drug-likeness (QED) is 0.302. The Morgan fingerprint density at radius 3 is 0.273 bits per heavy atom. The molecule has 144 valence electrons. The first kappa shape index (κ1) is 65.6. The molecule has 18 nitrogen and oxygen atoms in total. The zero-order chi connectivity index (χ0) is 13.5. The van der Waals surface area contributed by atoms with E-state index in [1.54, 1.807) is 0 Å². The molecule has 22 heavy (non-hydrogen) atoms. The Morgan fingerprint density at radius 2 is 0.273 bits per heavy atom. The molecule has 22 heteroatoms. The number of halogens is 3. The monoisotopic (exact) mass is 494 g/mol. The third kappa shape index (κ3) is 5550. The summed E-state index contributed by atoms with van der Waals surface area (Å²) < 4.78 is 102. The van der Waals surface area contributed by atoms with E-state index in [1.807, 2.05) is 0 Å². The molecule has 0 atom stereocenters. The number of hydrogen-bond acceptors (Lipinski definition) is 12. The van der Waals surface area contributed by atoms with Gasteiger partial charge >= 0.3 is 32.7 Å². The van der Waals surface area contributed by atoms with Gasteiger partial charge in [0.1, 0.15) is 0 Å². The zero-order valence-corrected chi connectivity index (χ0v) is 14.7. The predicted molar refractivity (Wildman–Crippen MR) is 21.7 cm³/mol. The van der Waals surface area contributed by atoms with Crippen LogP contribution in [0.4, 0.5) is 0 Å². The van der Waals surface area contributed by atoms with Crippen LogP contribution >= 0.6 is 0 Å². The fraction of sp³-hybridized carbons (Fsp3) is 0. The van der Waals surface area contributed by atoms with Gasteiger partial charge in [-0.05, 0) is 0 Å². The van der Waals surface area contributed by atoms with E-state index in [0.29, 0.717) is 0 Å². The van der Waals surface area contributed by atoms with E-state index in [4.69, 9.17) is 55.9 Å². The van der Waals surface area contributed by atoms with Crippen molar-refractivity contribution in [3.8, 4) is 0 Å². The summed E-state index contributed by atoms with van der Waals surface area (Å²) in [6.07, 6.45) is 0. The van der Waals surface area contributed by atoms with E-state index >= 15 is 0 Å². The van der Waals surface area contributed by atoms with Crippen molar-refractivity contribution in [1.29, 1.82) is 0 Å². The Balaban J connectivity index is -0.0000000106. The van der Waals surface area contributed by atoms with Gasteiger partial charge in [0, 0.05) is 0 Å². The van der Waals surface area contributed by atoms with Crippen LogP contribution in [-0.2, 0) is 32.7 Å². The molecule has 0 saturated carbocycles. The van der Waals surface area contributed by atoms with E-state index in [2.05, 4.69) is 0 Å². The molecule has 0 aliphatic carbocycles. The molecular formula is H12Cl3O18Y.